The average Bonchev–Trinajstić information content (AvgIpc) is 2.55. The smallest absolute Gasteiger partial charge is 0.338 e. The third-order valence-electron chi connectivity index (χ3n) is 4.43. The monoisotopic (exact) mass is 327 g/mol. The molecule has 5 heteroatoms. The number of carbonyl (C=O) groups is 2. The van der Waals surface area contributed by atoms with Crippen molar-refractivity contribution in [2.45, 2.75) is 19.3 Å². The summed E-state index contributed by atoms with van der Waals surface area (Å²) in [6, 6.07) is 12.8. The number of carbonyl (C=O) groups excluding carboxylic acids is 1. The van der Waals surface area contributed by atoms with Crippen LogP contribution in [0, 0.1) is 11.7 Å². The number of carboxylic acid groups (broad SMARTS) is 1. The van der Waals surface area contributed by atoms with Gasteiger partial charge in [-0.1, -0.05) is 30.7 Å². The molecule has 2 aromatic carbocycles. The number of nitrogens with zero attached hydrogens (tertiary/aromatic N) is 1. The van der Waals surface area contributed by atoms with Crippen molar-refractivity contribution >= 4 is 17.6 Å². The van der Waals surface area contributed by atoms with Crippen molar-refractivity contribution in [2.24, 2.45) is 5.92 Å². The van der Waals surface area contributed by atoms with Crippen LogP contribution in [0.5, 0.6) is 0 Å². The number of benzene rings is 2. The molecule has 0 saturated heterocycles. The minimum Gasteiger partial charge on any atom is -0.478 e. The van der Waals surface area contributed by atoms with Crippen LogP contribution < -0.4 is 4.90 Å². The second-order valence-corrected chi connectivity index (χ2v) is 6.02. The number of amides is 1. The van der Waals surface area contributed by atoms with E-state index in [4.69, 9.17) is 5.11 Å². The quantitative estimate of drug-likeness (QED) is 0.904. The Balaban J connectivity index is 2.00. The van der Waals surface area contributed by atoms with Crippen LogP contribution in [0.2, 0.25) is 0 Å². The lowest BCUT2D eigenvalue weighted by atomic mass is 9.85. The molecule has 0 radical (unpaired) electrons. The molecule has 1 N–H and O–H groups in total. The van der Waals surface area contributed by atoms with Gasteiger partial charge in [0.1, 0.15) is 0 Å². The highest BCUT2D eigenvalue weighted by atomic mass is 19.1. The molecule has 0 bridgehead atoms. The lowest BCUT2D eigenvalue weighted by Crippen LogP contribution is -2.38. The van der Waals surface area contributed by atoms with Crippen LogP contribution in [0.1, 0.15) is 40.0 Å². The summed E-state index contributed by atoms with van der Waals surface area (Å²) in [6.07, 6.45) is 3.10. The van der Waals surface area contributed by atoms with Crippen LogP contribution in [0.3, 0.4) is 0 Å². The van der Waals surface area contributed by atoms with Crippen molar-refractivity contribution in [1.29, 1.82) is 0 Å². The zero-order chi connectivity index (χ0) is 17.1. The first kappa shape index (κ1) is 16.2. The van der Waals surface area contributed by atoms with Crippen molar-refractivity contribution in [3.8, 4) is 0 Å². The van der Waals surface area contributed by atoms with Gasteiger partial charge in [0, 0.05) is 12.1 Å². The molecule has 2 aromatic rings. The summed E-state index contributed by atoms with van der Waals surface area (Å²) >= 11 is 0. The van der Waals surface area contributed by atoms with Gasteiger partial charge in [0.05, 0.1) is 11.3 Å². The van der Waals surface area contributed by atoms with E-state index < -0.39 is 17.3 Å². The van der Waals surface area contributed by atoms with Gasteiger partial charge in [0.2, 0.25) is 0 Å². The highest BCUT2D eigenvalue weighted by Crippen LogP contribution is 2.31. The summed E-state index contributed by atoms with van der Waals surface area (Å²) in [5, 5.41) is 9.12. The van der Waals surface area contributed by atoms with Crippen molar-refractivity contribution in [3.63, 3.8) is 0 Å². The van der Waals surface area contributed by atoms with E-state index in [1.807, 2.05) is 0 Å². The Kier molecular flexibility index (Phi) is 4.60. The second kappa shape index (κ2) is 6.83. The first-order valence-corrected chi connectivity index (χ1v) is 7.96. The molecule has 1 aliphatic carbocycles. The fraction of sp³-hybridized carbons (Fsp3) is 0.263. The topological polar surface area (TPSA) is 57.6 Å². The minimum absolute atomic E-state index is 0.0238. The molecule has 1 amide bonds. The van der Waals surface area contributed by atoms with E-state index in [1.165, 1.54) is 23.1 Å². The summed E-state index contributed by atoms with van der Waals surface area (Å²) in [5.74, 6) is -2.20. The lowest BCUT2D eigenvalue weighted by molar-refractivity contribution is 0.0691. The van der Waals surface area contributed by atoms with Crippen LogP contribution in [0.4, 0.5) is 10.1 Å². The van der Waals surface area contributed by atoms with E-state index in [0.717, 1.165) is 19.3 Å². The fourth-order valence-electron chi connectivity index (χ4n) is 2.85. The number of rotatable bonds is 5. The highest BCUT2D eigenvalue weighted by molar-refractivity contribution is 6.06. The van der Waals surface area contributed by atoms with Crippen molar-refractivity contribution in [2.75, 3.05) is 11.4 Å². The number of halogens is 1. The minimum atomic E-state index is -1.34. The third-order valence-corrected chi connectivity index (χ3v) is 4.43. The number of anilines is 1. The second-order valence-electron chi connectivity index (χ2n) is 6.02. The number of carboxylic acids is 1. The van der Waals surface area contributed by atoms with Crippen LogP contribution in [-0.2, 0) is 0 Å². The summed E-state index contributed by atoms with van der Waals surface area (Å²) in [7, 11) is 0. The fourth-order valence-corrected chi connectivity index (χ4v) is 2.85. The largest absolute Gasteiger partial charge is 0.478 e. The Morgan fingerprint density at radius 3 is 2.38 bits per heavy atom. The van der Waals surface area contributed by atoms with E-state index in [2.05, 4.69) is 0 Å². The molecule has 0 aromatic heterocycles. The summed E-state index contributed by atoms with van der Waals surface area (Å²) in [5.41, 5.74) is 0.0552. The third kappa shape index (κ3) is 3.15. The van der Waals surface area contributed by atoms with E-state index in [0.29, 0.717) is 18.0 Å². The standard InChI is InChI=1S/C19H18FNO3/c20-17-15(19(23)24)10-5-11-16(17)21(12-13-6-4-7-13)18(22)14-8-2-1-3-9-14/h1-3,5,8-11,13H,4,6-7,12H2,(H,23,24). The molecule has 0 spiro atoms. The molecular weight excluding hydrogens is 309 g/mol. The van der Waals surface area contributed by atoms with Gasteiger partial charge in [0.25, 0.3) is 5.91 Å². The Morgan fingerprint density at radius 2 is 1.79 bits per heavy atom. The van der Waals surface area contributed by atoms with Crippen LogP contribution in [0.25, 0.3) is 0 Å². The molecule has 0 aliphatic heterocycles. The normalized spacial score (nSPS) is 14.0. The molecule has 124 valence electrons. The Morgan fingerprint density at radius 1 is 1.08 bits per heavy atom. The summed E-state index contributed by atoms with van der Waals surface area (Å²) < 4.78 is 14.6. The molecule has 3 rings (SSSR count). The number of hydrogen-bond donors (Lipinski definition) is 1. The molecule has 1 aliphatic rings. The average molecular weight is 327 g/mol. The van der Waals surface area contributed by atoms with Gasteiger partial charge in [0.15, 0.2) is 5.82 Å². The Labute approximate surface area is 139 Å². The van der Waals surface area contributed by atoms with E-state index in [9.17, 15) is 14.0 Å². The summed E-state index contributed by atoms with van der Waals surface area (Å²) in [6.45, 7) is 0.397. The van der Waals surface area contributed by atoms with E-state index >= 15 is 0 Å². The highest BCUT2D eigenvalue weighted by Gasteiger charge is 2.28. The molecule has 1 fully saturated rings. The zero-order valence-corrected chi connectivity index (χ0v) is 13.1. The van der Waals surface area contributed by atoms with Gasteiger partial charge in [-0.05, 0) is 43.0 Å². The van der Waals surface area contributed by atoms with E-state index in [-0.39, 0.29) is 11.6 Å². The maximum absolute atomic E-state index is 14.6. The first-order chi connectivity index (χ1) is 11.6. The SMILES string of the molecule is O=C(O)c1cccc(N(CC2CCC2)C(=O)c2ccccc2)c1F. The molecule has 0 heterocycles. The molecule has 0 unspecified atom stereocenters. The Bertz CT molecular complexity index is 756. The molecule has 4 nitrogen and oxygen atoms in total. The van der Waals surface area contributed by atoms with Crippen molar-refractivity contribution < 1.29 is 19.1 Å². The predicted octanol–water partition coefficient (Wildman–Crippen LogP) is 3.97. The van der Waals surface area contributed by atoms with Gasteiger partial charge in [-0.15, -0.1) is 0 Å². The lowest BCUT2D eigenvalue weighted by Gasteiger charge is -2.33. The molecule has 1 saturated carbocycles. The first-order valence-electron chi connectivity index (χ1n) is 7.96. The summed E-state index contributed by atoms with van der Waals surface area (Å²) in [4.78, 5) is 25.4. The Hall–Kier alpha value is -2.69. The zero-order valence-electron chi connectivity index (χ0n) is 13.1. The van der Waals surface area contributed by atoms with Crippen LogP contribution in [-0.4, -0.2) is 23.5 Å². The predicted molar refractivity (Wildman–Crippen MR) is 88.8 cm³/mol. The van der Waals surface area contributed by atoms with Gasteiger partial charge < -0.3 is 10.0 Å². The molecular formula is C19H18FNO3. The number of hydrogen-bond acceptors (Lipinski definition) is 2. The van der Waals surface area contributed by atoms with Gasteiger partial charge in [-0.2, -0.15) is 0 Å². The van der Waals surface area contributed by atoms with Gasteiger partial charge in [-0.25, -0.2) is 9.18 Å². The van der Waals surface area contributed by atoms with Crippen LogP contribution in [0.15, 0.2) is 48.5 Å². The maximum atomic E-state index is 14.6. The van der Waals surface area contributed by atoms with E-state index in [1.54, 1.807) is 30.3 Å². The van der Waals surface area contributed by atoms with Gasteiger partial charge in [-0.3, -0.25) is 4.79 Å². The molecule has 24 heavy (non-hydrogen) atoms. The number of aromatic carboxylic acids is 1. The van der Waals surface area contributed by atoms with Crippen molar-refractivity contribution in [1.82, 2.24) is 0 Å². The maximum Gasteiger partial charge on any atom is 0.338 e. The van der Waals surface area contributed by atoms with Crippen molar-refractivity contribution in [3.05, 3.63) is 65.5 Å². The molecule has 0 atom stereocenters. The van der Waals surface area contributed by atoms with Gasteiger partial charge >= 0.3 is 5.97 Å². The van der Waals surface area contributed by atoms with Crippen LogP contribution >= 0.6 is 0 Å².